The Kier molecular flexibility index (Phi) is 6.80. The Balaban J connectivity index is 1.20. The van der Waals surface area contributed by atoms with Crippen molar-refractivity contribution in [3.05, 3.63) is 59.4 Å². The number of aromatic nitrogens is 2. The number of sulfonamides is 1. The third-order valence-electron chi connectivity index (χ3n) is 6.71. The van der Waals surface area contributed by atoms with Crippen molar-refractivity contribution in [3.63, 3.8) is 0 Å². The van der Waals surface area contributed by atoms with E-state index in [1.54, 1.807) is 36.4 Å². The molecule has 5 rings (SSSR count). The van der Waals surface area contributed by atoms with Crippen molar-refractivity contribution in [3.8, 4) is 0 Å². The number of hydrogen-bond acceptors (Lipinski definition) is 8. The number of carbonyl (C=O) groups excluding carboxylic acids is 1. The molecule has 9 nitrogen and oxygen atoms in total. The van der Waals surface area contributed by atoms with Crippen molar-refractivity contribution < 1.29 is 17.6 Å². The van der Waals surface area contributed by atoms with Crippen LogP contribution in [0.5, 0.6) is 0 Å². The second kappa shape index (κ2) is 10.0. The van der Waals surface area contributed by atoms with Gasteiger partial charge in [0.15, 0.2) is 0 Å². The lowest BCUT2D eigenvalue weighted by atomic mass is 9.99. The first kappa shape index (κ1) is 24.4. The number of rotatable bonds is 6. The Morgan fingerprint density at radius 3 is 2.53 bits per heavy atom. The van der Waals surface area contributed by atoms with E-state index in [1.165, 1.54) is 11.6 Å². The largest absolute Gasteiger partial charge is 0.368 e. The molecule has 1 N–H and O–H groups in total. The average Bonchev–Trinajstić information content (AvgIpc) is 3.40. The smallest absolute Gasteiger partial charge is 0.263 e. The van der Waals surface area contributed by atoms with Gasteiger partial charge in [-0.3, -0.25) is 9.52 Å². The zero-order chi connectivity index (χ0) is 25.3. The molecule has 0 bridgehead atoms. The summed E-state index contributed by atoms with van der Waals surface area (Å²) >= 11 is 1.11. The number of benzene rings is 2. The number of fused-ring (bicyclic) bond motifs is 1. The standard InChI is InChI=1S/C24H27FN6O3S2/c1-17(31-10-2-3-18-15-19(25)4-9-22(18)31)23(32)30-13-11-29(12-14-30)20-5-7-21(8-6-20)36(33,34)28-24-27-26-16-35-24/h4-9,15-17H,2-3,10-14H2,1H3,(H,27,28)/t17-/m0/s1. The quantitative estimate of drug-likeness (QED) is 0.523. The Labute approximate surface area is 213 Å². The Hall–Kier alpha value is -3.25. The summed E-state index contributed by atoms with van der Waals surface area (Å²) in [5.74, 6) is -0.180. The van der Waals surface area contributed by atoms with Crippen LogP contribution in [0.1, 0.15) is 18.9 Å². The summed E-state index contributed by atoms with van der Waals surface area (Å²) < 4.78 is 41.2. The summed E-state index contributed by atoms with van der Waals surface area (Å²) in [4.78, 5) is 19.6. The number of anilines is 3. The maximum Gasteiger partial charge on any atom is 0.263 e. The molecule has 1 saturated heterocycles. The van der Waals surface area contributed by atoms with E-state index in [0.29, 0.717) is 26.2 Å². The molecule has 3 heterocycles. The van der Waals surface area contributed by atoms with E-state index in [4.69, 9.17) is 0 Å². The summed E-state index contributed by atoms with van der Waals surface area (Å²) in [5, 5.41) is 7.57. The van der Waals surface area contributed by atoms with E-state index in [-0.39, 0.29) is 27.8 Å². The van der Waals surface area contributed by atoms with Crippen molar-refractivity contribution in [1.82, 2.24) is 15.1 Å². The zero-order valence-electron chi connectivity index (χ0n) is 19.8. The lowest BCUT2D eigenvalue weighted by molar-refractivity contribution is -0.132. The molecule has 0 aliphatic carbocycles. The van der Waals surface area contributed by atoms with Crippen molar-refractivity contribution in [2.45, 2.75) is 30.7 Å². The molecule has 190 valence electrons. The number of carbonyl (C=O) groups is 1. The summed E-state index contributed by atoms with van der Waals surface area (Å²) in [7, 11) is -3.73. The Bertz CT molecular complexity index is 1330. The number of piperazine rings is 1. The van der Waals surface area contributed by atoms with Gasteiger partial charge in [0.1, 0.15) is 17.4 Å². The highest BCUT2D eigenvalue weighted by Gasteiger charge is 2.31. The summed E-state index contributed by atoms with van der Waals surface area (Å²) in [6.45, 7) is 5.14. The van der Waals surface area contributed by atoms with Gasteiger partial charge in [0.25, 0.3) is 10.0 Å². The van der Waals surface area contributed by atoms with Gasteiger partial charge in [0.05, 0.1) is 4.90 Å². The van der Waals surface area contributed by atoms with E-state index in [1.807, 2.05) is 11.8 Å². The highest BCUT2D eigenvalue weighted by Crippen LogP contribution is 2.30. The van der Waals surface area contributed by atoms with Gasteiger partial charge in [-0.25, -0.2) is 12.8 Å². The topological polar surface area (TPSA) is 98.7 Å². The average molecular weight is 531 g/mol. The van der Waals surface area contributed by atoms with Crippen LogP contribution in [0.4, 0.5) is 20.9 Å². The van der Waals surface area contributed by atoms with Crippen molar-refractivity contribution in [1.29, 1.82) is 0 Å². The van der Waals surface area contributed by atoms with Crippen LogP contribution in [0, 0.1) is 5.82 Å². The SMILES string of the molecule is C[C@@H](C(=O)N1CCN(c2ccc(S(=O)(=O)Nc3nncs3)cc2)CC1)N1CCCc2cc(F)ccc21. The summed E-state index contributed by atoms with van der Waals surface area (Å²) in [6.07, 6.45) is 1.71. The Morgan fingerprint density at radius 2 is 1.83 bits per heavy atom. The molecule has 12 heteroatoms. The number of hydrogen-bond donors (Lipinski definition) is 1. The van der Waals surface area contributed by atoms with E-state index < -0.39 is 10.0 Å². The number of aryl methyl sites for hydroxylation is 1. The van der Waals surface area contributed by atoms with Crippen LogP contribution in [-0.4, -0.2) is 68.2 Å². The monoisotopic (exact) mass is 530 g/mol. The molecule has 1 fully saturated rings. The third-order valence-corrected chi connectivity index (χ3v) is 8.80. The van der Waals surface area contributed by atoms with E-state index in [2.05, 4.69) is 24.7 Å². The first-order valence-corrected chi connectivity index (χ1v) is 14.2. The first-order chi connectivity index (χ1) is 17.3. The fourth-order valence-electron chi connectivity index (χ4n) is 4.81. The summed E-state index contributed by atoms with van der Waals surface area (Å²) in [5.41, 5.74) is 4.25. The van der Waals surface area contributed by atoms with Gasteiger partial charge < -0.3 is 14.7 Å². The third kappa shape index (κ3) is 5.00. The molecule has 1 amide bonds. The minimum absolute atomic E-state index is 0.0658. The van der Waals surface area contributed by atoms with Crippen LogP contribution in [0.15, 0.2) is 52.9 Å². The number of amides is 1. The van der Waals surface area contributed by atoms with Crippen LogP contribution >= 0.6 is 11.3 Å². The second-order valence-corrected chi connectivity index (χ2v) is 11.4. The van der Waals surface area contributed by atoms with Gasteiger partial charge in [-0.2, -0.15) is 0 Å². The van der Waals surface area contributed by atoms with Gasteiger partial charge in [-0.15, -0.1) is 10.2 Å². The fourth-order valence-corrected chi connectivity index (χ4v) is 6.50. The normalized spacial score (nSPS) is 17.0. The highest BCUT2D eigenvalue weighted by molar-refractivity contribution is 7.93. The molecule has 0 unspecified atom stereocenters. The van der Waals surface area contributed by atoms with Crippen LogP contribution in [-0.2, 0) is 21.2 Å². The molecular weight excluding hydrogens is 503 g/mol. The molecule has 3 aromatic rings. The molecule has 0 radical (unpaired) electrons. The minimum atomic E-state index is -3.73. The highest BCUT2D eigenvalue weighted by atomic mass is 32.2. The lowest BCUT2D eigenvalue weighted by Crippen LogP contribution is -2.55. The molecule has 1 aromatic heterocycles. The summed E-state index contributed by atoms with van der Waals surface area (Å²) in [6, 6.07) is 11.2. The molecular formula is C24H27FN6O3S2. The van der Waals surface area contributed by atoms with Crippen molar-refractivity contribution in [2.75, 3.05) is 47.2 Å². The van der Waals surface area contributed by atoms with Gasteiger partial charge in [-0.1, -0.05) is 11.3 Å². The van der Waals surface area contributed by atoms with Gasteiger partial charge in [-0.05, 0) is 67.8 Å². The molecule has 36 heavy (non-hydrogen) atoms. The zero-order valence-corrected chi connectivity index (χ0v) is 21.4. The number of nitrogens with one attached hydrogen (secondary N) is 1. The van der Waals surface area contributed by atoms with Crippen LogP contribution in [0.25, 0.3) is 0 Å². The predicted molar refractivity (Wildman–Crippen MR) is 137 cm³/mol. The predicted octanol–water partition coefficient (Wildman–Crippen LogP) is 2.97. The minimum Gasteiger partial charge on any atom is -0.368 e. The van der Waals surface area contributed by atoms with Crippen LogP contribution in [0.3, 0.4) is 0 Å². The van der Waals surface area contributed by atoms with Gasteiger partial charge in [0.2, 0.25) is 11.0 Å². The molecule has 1 atom stereocenters. The maximum absolute atomic E-state index is 13.7. The first-order valence-electron chi connectivity index (χ1n) is 11.8. The van der Waals surface area contributed by atoms with Crippen molar-refractivity contribution in [2.24, 2.45) is 0 Å². The second-order valence-electron chi connectivity index (χ2n) is 8.90. The fraction of sp³-hybridized carbons (Fsp3) is 0.375. The van der Waals surface area contributed by atoms with Crippen molar-refractivity contribution >= 4 is 43.8 Å². The van der Waals surface area contributed by atoms with E-state index in [0.717, 1.165) is 47.7 Å². The molecule has 2 aromatic carbocycles. The lowest BCUT2D eigenvalue weighted by Gasteiger charge is -2.41. The van der Waals surface area contributed by atoms with Gasteiger partial charge >= 0.3 is 0 Å². The number of halogens is 1. The Morgan fingerprint density at radius 1 is 1.08 bits per heavy atom. The molecule has 2 aliphatic rings. The maximum atomic E-state index is 13.7. The van der Waals surface area contributed by atoms with E-state index in [9.17, 15) is 17.6 Å². The number of nitrogens with zero attached hydrogens (tertiary/aromatic N) is 5. The van der Waals surface area contributed by atoms with Crippen LogP contribution < -0.4 is 14.5 Å². The van der Waals surface area contributed by atoms with Gasteiger partial charge in [0, 0.05) is 44.1 Å². The van der Waals surface area contributed by atoms with Crippen LogP contribution in [0.2, 0.25) is 0 Å². The van der Waals surface area contributed by atoms with E-state index >= 15 is 0 Å². The molecule has 0 spiro atoms. The molecule has 2 aliphatic heterocycles. The molecule has 0 saturated carbocycles.